The van der Waals surface area contributed by atoms with Crippen LogP contribution in [0.3, 0.4) is 0 Å². The number of aliphatic carboxylic acids is 1. The first-order valence-electron chi connectivity index (χ1n) is 6.24. The Balaban J connectivity index is 2.00. The van der Waals surface area contributed by atoms with E-state index >= 15 is 0 Å². The second kappa shape index (κ2) is 5.36. The Morgan fingerprint density at radius 3 is 2.53 bits per heavy atom. The maximum Gasteiger partial charge on any atom is 0.309 e. The van der Waals surface area contributed by atoms with E-state index in [2.05, 4.69) is 4.90 Å². The second-order valence-electron chi connectivity index (χ2n) is 4.78. The quantitative estimate of drug-likeness (QED) is 0.864. The van der Waals surface area contributed by atoms with Crippen molar-refractivity contribution in [2.75, 3.05) is 13.1 Å². The van der Waals surface area contributed by atoms with Crippen LogP contribution in [0.4, 0.5) is 0 Å². The third kappa shape index (κ3) is 3.09. The van der Waals surface area contributed by atoms with Crippen molar-refractivity contribution in [1.29, 1.82) is 0 Å². The summed E-state index contributed by atoms with van der Waals surface area (Å²) in [5.41, 5.74) is 2.09. The minimum absolute atomic E-state index is 0.108. The molecular weight excluding hydrogens is 216 g/mol. The molecule has 0 aromatic carbocycles. The number of piperidine rings is 1. The number of hydrogen-bond acceptors (Lipinski definition) is 2. The maximum atomic E-state index is 10.7. The van der Waals surface area contributed by atoms with Gasteiger partial charge in [-0.3, -0.25) is 9.69 Å². The Morgan fingerprint density at radius 2 is 1.88 bits per heavy atom. The molecule has 17 heavy (non-hydrogen) atoms. The molecule has 0 amide bonds. The summed E-state index contributed by atoms with van der Waals surface area (Å²) in [5, 5.41) is 8.80. The summed E-state index contributed by atoms with van der Waals surface area (Å²) < 4.78 is 2.02. The van der Waals surface area contributed by atoms with Crippen LogP contribution >= 0.6 is 0 Å². The van der Waals surface area contributed by atoms with Crippen molar-refractivity contribution in [1.82, 2.24) is 9.47 Å². The highest BCUT2D eigenvalue weighted by Crippen LogP contribution is 2.15. The van der Waals surface area contributed by atoms with Gasteiger partial charge in [-0.25, -0.2) is 0 Å². The molecule has 4 heteroatoms. The van der Waals surface area contributed by atoms with Gasteiger partial charge in [-0.2, -0.15) is 0 Å². The summed E-state index contributed by atoms with van der Waals surface area (Å²) in [5.74, 6) is -0.768. The lowest BCUT2D eigenvalue weighted by atomic mass is 10.1. The molecule has 0 unspecified atom stereocenters. The van der Waals surface area contributed by atoms with Gasteiger partial charge in [-0.05, 0) is 38.1 Å². The van der Waals surface area contributed by atoms with Gasteiger partial charge in [0, 0.05) is 25.0 Å². The van der Waals surface area contributed by atoms with Gasteiger partial charge in [-0.15, -0.1) is 0 Å². The van der Waals surface area contributed by atoms with Crippen molar-refractivity contribution in [3.63, 3.8) is 0 Å². The molecule has 0 radical (unpaired) electrons. The molecular formula is C13H20N2O2. The fourth-order valence-corrected chi connectivity index (χ4v) is 2.44. The van der Waals surface area contributed by atoms with Crippen molar-refractivity contribution in [3.8, 4) is 0 Å². The van der Waals surface area contributed by atoms with E-state index in [1.807, 2.05) is 23.7 Å². The Kier molecular flexibility index (Phi) is 3.84. The predicted molar refractivity (Wildman–Crippen MR) is 65.9 cm³/mol. The van der Waals surface area contributed by atoms with Gasteiger partial charge in [0.05, 0.1) is 6.42 Å². The molecule has 1 aliphatic rings. The van der Waals surface area contributed by atoms with Crippen LogP contribution in [0, 0.1) is 0 Å². The van der Waals surface area contributed by atoms with Crippen molar-refractivity contribution in [2.24, 2.45) is 7.05 Å². The summed E-state index contributed by atoms with van der Waals surface area (Å²) in [6.07, 6.45) is 4.02. The number of carboxylic acid groups (broad SMARTS) is 1. The monoisotopic (exact) mass is 236 g/mol. The zero-order valence-corrected chi connectivity index (χ0v) is 10.4. The minimum Gasteiger partial charge on any atom is -0.481 e. The molecule has 1 N–H and O–H groups in total. The summed E-state index contributed by atoms with van der Waals surface area (Å²) in [4.78, 5) is 13.1. The van der Waals surface area contributed by atoms with Crippen LogP contribution in [0.5, 0.6) is 0 Å². The molecule has 2 rings (SSSR count). The Bertz CT molecular complexity index is 392. The van der Waals surface area contributed by atoms with E-state index in [-0.39, 0.29) is 6.42 Å². The van der Waals surface area contributed by atoms with Crippen LogP contribution in [0.1, 0.15) is 30.7 Å². The topological polar surface area (TPSA) is 45.5 Å². The first kappa shape index (κ1) is 12.2. The summed E-state index contributed by atoms with van der Waals surface area (Å²) in [6.45, 7) is 3.27. The second-order valence-corrected chi connectivity index (χ2v) is 4.78. The highest BCUT2D eigenvalue weighted by Gasteiger charge is 2.13. The van der Waals surface area contributed by atoms with E-state index in [1.54, 1.807) is 0 Å². The SMILES string of the molecule is Cn1c(CC(=O)O)ccc1CN1CCCCC1. The van der Waals surface area contributed by atoms with E-state index in [4.69, 9.17) is 5.11 Å². The third-order valence-electron chi connectivity index (χ3n) is 3.50. The highest BCUT2D eigenvalue weighted by atomic mass is 16.4. The van der Waals surface area contributed by atoms with Crippen LogP contribution in [0.15, 0.2) is 12.1 Å². The van der Waals surface area contributed by atoms with Gasteiger partial charge >= 0.3 is 5.97 Å². The number of likely N-dealkylation sites (tertiary alicyclic amines) is 1. The normalized spacial score (nSPS) is 17.2. The first-order chi connectivity index (χ1) is 8.16. The third-order valence-corrected chi connectivity index (χ3v) is 3.50. The number of carbonyl (C=O) groups is 1. The smallest absolute Gasteiger partial charge is 0.309 e. The van der Waals surface area contributed by atoms with E-state index in [9.17, 15) is 4.79 Å². The lowest BCUT2D eigenvalue weighted by Gasteiger charge is -2.26. The lowest BCUT2D eigenvalue weighted by molar-refractivity contribution is -0.136. The Hall–Kier alpha value is -1.29. The van der Waals surface area contributed by atoms with Crippen molar-refractivity contribution >= 4 is 5.97 Å². The molecule has 4 nitrogen and oxygen atoms in total. The molecule has 0 saturated carbocycles. The maximum absolute atomic E-state index is 10.7. The predicted octanol–water partition coefficient (Wildman–Crippen LogP) is 1.64. The molecule has 0 spiro atoms. The van der Waals surface area contributed by atoms with Crippen LogP contribution in [0.2, 0.25) is 0 Å². The van der Waals surface area contributed by atoms with Gasteiger partial charge in [0.1, 0.15) is 0 Å². The highest BCUT2D eigenvalue weighted by molar-refractivity contribution is 5.69. The van der Waals surface area contributed by atoms with Gasteiger partial charge in [-0.1, -0.05) is 6.42 Å². The minimum atomic E-state index is -0.768. The summed E-state index contributed by atoms with van der Waals surface area (Å²) >= 11 is 0. The van der Waals surface area contributed by atoms with E-state index in [0.29, 0.717) is 0 Å². The van der Waals surface area contributed by atoms with Crippen LogP contribution in [0.25, 0.3) is 0 Å². The zero-order valence-electron chi connectivity index (χ0n) is 10.4. The molecule has 1 fully saturated rings. The van der Waals surface area contributed by atoms with E-state index in [0.717, 1.165) is 12.2 Å². The van der Waals surface area contributed by atoms with Gasteiger partial charge in [0.25, 0.3) is 0 Å². The van der Waals surface area contributed by atoms with Crippen molar-refractivity contribution < 1.29 is 9.90 Å². The molecule has 2 heterocycles. The molecule has 1 aromatic heterocycles. The molecule has 1 aromatic rings. The van der Waals surface area contributed by atoms with Gasteiger partial charge < -0.3 is 9.67 Å². The molecule has 1 aliphatic heterocycles. The molecule has 94 valence electrons. The molecule has 0 atom stereocenters. The number of nitrogens with zero attached hydrogens (tertiary/aromatic N) is 2. The lowest BCUT2D eigenvalue weighted by Crippen LogP contribution is -2.29. The fourth-order valence-electron chi connectivity index (χ4n) is 2.44. The van der Waals surface area contributed by atoms with Gasteiger partial charge in [0.15, 0.2) is 0 Å². The number of aromatic nitrogens is 1. The molecule has 0 bridgehead atoms. The standard InChI is InChI=1S/C13H20N2O2/c1-14-11(9-13(16)17)5-6-12(14)10-15-7-3-2-4-8-15/h5-6H,2-4,7-10H2,1H3,(H,16,17). The summed E-state index contributed by atoms with van der Waals surface area (Å²) in [6, 6.07) is 3.97. The van der Waals surface area contributed by atoms with Crippen LogP contribution in [-0.2, 0) is 24.8 Å². The van der Waals surface area contributed by atoms with E-state index in [1.165, 1.54) is 38.0 Å². The average molecular weight is 236 g/mol. The zero-order chi connectivity index (χ0) is 12.3. The Morgan fingerprint density at radius 1 is 1.24 bits per heavy atom. The Labute approximate surface area is 102 Å². The van der Waals surface area contributed by atoms with Gasteiger partial charge in [0.2, 0.25) is 0 Å². The fraction of sp³-hybridized carbons (Fsp3) is 0.615. The molecule has 1 saturated heterocycles. The summed E-state index contributed by atoms with van der Waals surface area (Å²) in [7, 11) is 1.96. The van der Waals surface area contributed by atoms with Crippen molar-refractivity contribution in [3.05, 3.63) is 23.5 Å². The van der Waals surface area contributed by atoms with Crippen LogP contribution < -0.4 is 0 Å². The average Bonchev–Trinajstić information content (AvgIpc) is 2.62. The number of carboxylic acids is 1. The number of hydrogen-bond donors (Lipinski definition) is 1. The largest absolute Gasteiger partial charge is 0.481 e. The van der Waals surface area contributed by atoms with Crippen molar-refractivity contribution in [2.45, 2.75) is 32.2 Å². The first-order valence-corrected chi connectivity index (χ1v) is 6.24. The molecule has 0 aliphatic carbocycles. The van der Waals surface area contributed by atoms with E-state index < -0.39 is 5.97 Å². The van der Waals surface area contributed by atoms with Crippen LogP contribution in [-0.4, -0.2) is 33.6 Å². The number of rotatable bonds is 4.